The van der Waals surface area contributed by atoms with Gasteiger partial charge in [0.15, 0.2) is 11.5 Å². The molecule has 0 spiro atoms. The predicted octanol–water partition coefficient (Wildman–Crippen LogP) is 3.39. The number of carboxylic acids is 1. The van der Waals surface area contributed by atoms with Crippen molar-refractivity contribution in [2.24, 2.45) is 5.92 Å². The van der Waals surface area contributed by atoms with Crippen molar-refractivity contribution < 1.29 is 19.4 Å². The Kier molecular flexibility index (Phi) is 4.81. The Balaban J connectivity index is 2.43. The first-order valence-electron chi connectivity index (χ1n) is 6.62. The number of hydrogen-bond acceptors (Lipinski definition) is 4. The maximum atomic E-state index is 11.1. The summed E-state index contributed by atoms with van der Waals surface area (Å²) < 4.78 is 10.7. The fourth-order valence-electron chi connectivity index (χ4n) is 2.56. The summed E-state index contributed by atoms with van der Waals surface area (Å²) in [5.41, 5.74) is 1.07. The summed E-state index contributed by atoms with van der Waals surface area (Å²) in [7, 11) is 3.21. The molecule has 1 aromatic rings. The van der Waals surface area contributed by atoms with Crippen LogP contribution in [0.15, 0.2) is 17.0 Å². The second-order valence-corrected chi connectivity index (χ2v) is 5.84. The second kappa shape index (κ2) is 6.39. The van der Waals surface area contributed by atoms with Crippen LogP contribution in [0, 0.1) is 5.92 Å². The number of hydrogen-bond donors (Lipinski definition) is 1. The van der Waals surface area contributed by atoms with Crippen molar-refractivity contribution in [1.82, 2.24) is 0 Å². The lowest BCUT2D eigenvalue weighted by Gasteiger charge is -2.20. The van der Waals surface area contributed by atoms with Gasteiger partial charge in [-0.1, -0.05) is 0 Å². The van der Waals surface area contributed by atoms with Crippen LogP contribution in [0.5, 0.6) is 11.5 Å². The number of aliphatic carboxylic acids is 1. The molecule has 5 heteroatoms. The van der Waals surface area contributed by atoms with Crippen LogP contribution >= 0.6 is 11.8 Å². The van der Waals surface area contributed by atoms with Crippen LogP contribution in [0.3, 0.4) is 0 Å². The number of carbonyl (C=O) groups is 1. The van der Waals surface area contributed by atoms with E-state index in [-0.39, 0.29) is 12.3 Å². The van der Waals surface area contributed by atoms with E-state index in [2.05, 4.69) is 0 Å². The van der Waals surface area contributed by atoms with E-state index >= 15 is 0 Å². The summed E-state index contributed by atoms with van der Waals surface area (Å²) in [4.78, 5) is 12.2. The van der Waals surface area contributed by atoms with Gasteiger partial charge in [-0.2, -0.15) is 0 Å². The zero-order valence-corrected chi connectivity index (χ0v) is 12.8. The van der Waals surface area contributed by atoms with Crippen molar-refractivity contribution in [3.8, 4) is 11.5 Å². The summed E-state index contributed by atoms with van der Waals surface area (Å²) >= 11 is 1.62. The number of ether oxygens (including phenoxy) is 2. The van der Waals surface area contributed by atoms with Gasteiger partial charge in [-0.15, -0.1) is 11.8 Å². The highest BCUT2D eigenvalue weighted by Crippen LogP contribution is 2.48. The number of rotatable bonds is 7. The van der Waals surface area contributed by atoms with E-state index in [1.54, 1.807) is 26.0 Å². The minimum Gasteiger partial charge on any atom is -0.493 e. The van der Waals surface area contributed by atoms with Crippen LogP contribution in [0.25, 0.3) is 0 Å². The molecular weight excluding hydrogens is 276 g/mol. The van der Waals surface area contributed by atoms with Crippen LogP contribution in [0.2, 0.25) is 0 Å². The highest BCUT2D eigenvalue weighted by Gasteiger charge is 2.35. The van der Waals surface area contributed by atoms with Crippen LogP contribution < -0.4 is 9.47 Å². The second-order valence-electron chi connectivity index (χ2n) is 4.99. The van der Waals surface area contributed by atoms with Crippen molar-refractivity contribution in [2.75, 3.05) is 20.5 Å². The Morgan fingerprint density at radius 1 is 1.35 bits per heavy atom. The average molecular weight is 296 g/mol. The Labute approximate surface area is 123 Å². The molecule has 0 bridgehead atoms. The summed E-state index contributed by atoms with van der Waals surface area (Å²) in [6.45, 7) is 0. The van der Waals surface area contributed by atoms with Crippen LogP contribution in [-0.4, -0.2) is 31.6 Å². The Morgan fingerprint density at radius 3 is 2.40 bits per heavy atom. The van der Waals surface area contributed by atoms with Gasteiger partial charge in [0.05, 0.1) is 20.6 Å². The molecule has 110 valence electrons. The molecule has 1 aromatic carbocycles. The zero-order chi connectivity index (χ0) is 14.7. The fraction of sp³-hybridized carbons (Fsp3) is 0.533. The zero-order valence-electron chi connectivity index (χ0n) is 12.0. The highest BCUT2D eigenvalue weighted by molar-refractivity contribution is 7.98. The molecule has 0 saturated heterocycles. The molecule has 0 aromatic heterocycles. The number of benzene rings is 1. The van der Waals surface area contributed by atoms with Gasteiger partial charge in [0.2, 0.25) is 0 Å². The molecule has 20 heavy (non-hydrogen) atoms. The van der Waals surface area contributed by atoms with E-state index < -0.39 is 5.97 Å². The third-order valence-electron chi connectivity index (χ3n) is 3.72. The van der Waals surface area contributed by atoms with Crippen molar-refractivity contribution in [3.63, 3.8) is 0 Å². The summed E-state index contributed by atoms with van der Waals surface area (Å²) in [6.07, 6.45) is 4.39. The van der Waals surface area contributed by atoms with Gasteiger partial charge in [-0.3, -0.25) is 4.79 Å². The molecule has 0 amide bonds. The maximum absolute atomic E-state index is 11.1. The molecule has 4 nitrogen and oxygen atoms in total. The third-order valence-corrected chi connectivity index (χ3v) is 4.51. The van der Waals surface area contributed by atoms with Crippen molar-refractivity contribution in [1.29, 1.82) is 0 Å². The van der Waals surface area contributed by atoms with E-state index in [0.29, 0.717) is 17.4 Å². The van der Waals surface area contributed by atoms with Gasteiger partial charge < -0.3 is 14.6 Å². The minimum atomic E-state index is -0.747. The molecule has 1 saturated carbocycles. The van der Waals surface area contributed by atoms with Crippen molar-refractivity contribution in [3.05, 3.63) is 17.7 Å². The molecule has 0 radical (unpaired) electrons. The minimum absolute atomic E-state index is 0.0646. The molecule has 1 aliphatic carbocycles. The van der Waals surface area contributed by atoms with Gasteiger partial charge in [0, 0.05) is 4.90 Å². The van der Waals surface area contributed by atoms with Crippen LogP contribution in [0.1, 0.15) is 30.7 Å². The molecule has 1 fully saturated rings. The third kappa shape index (κ3) is 3.20. The quantitative estimate of drug-likeness (QED) is 0.782. The molecular formula is C15H20O4S. The van der Waals surface area contributed by atoms with E-state index in [4.69, 9.17) is 14.6 Å². The van der Waals surface area contributed by atoms with Gasteiger partial charge in [-0.05, 0) is 48.6 Å². The molecule has 1 atom stereocenters. The van der Waals surface area contributed by atoms with E-state index in [0.717, 1.165) is 23.3 Å². The molecule has 1 N–H and O–H groups in total. The average Bonchev–Trinajstić information content (AvgIpc) is 3.27. The summed E-state index contributed by atoms with van der Waals surface area (Å²) in [5.74, 6) is 1.15. The Morgan fingerprint density at radius 2 is 1.95 bits per heavy atom. The topological polar surface area (TPSA) is 55.8 Å². The first-order chi connectivity index (χ1) is 9.60. The normalized spacial score (nSPS) is 15.8. The first kappa shape index (κ1) is 15.0. The maximum Gasteiger partial charge on any atom is 0.303 e. The van der Waals surface area contributed by atoms with Crippen molar-refractivity contribution in [2.45, 2.75) is 30.1 Å². The van der Waals surface area contributed by atoms with Gasteiger partial charge in [0.25, 0.3) is 0 Å². The largest absolute Gasteiger partial charge is 0.493 e. The summed E-state index contributed by atoms with van der Waals surface area (Å²) in [5, 5.41) is 9.15. The van der Waals surface area contributed by atoms with Gasteiger partial charge in [0.1, 0.15) is 0 Å². The molecule has 0 heterocycles. The standard InChI is InChI=1S/C15H20O4S/c1-18-12-6-11(14(20-3)8-13(12)19-2)10(7-15(16)17)9-4-5-9/h6,8-10H,4-5,7H2,1-3H3,(H,16,17). The molecule has 1 unspecified atom stereocenters. The first-order valence-corrected chi connectivity index (χ1v) is 7.84. The predicted molar refractivity (Wildman–Crippen MR) is 79.0 cm³/mol. The highest BCUT2D eigenvalue weighted by atomic mass is 32.2. The van der Waals surface area contributed by atoms with Crippen LogP contribution in [-0.2, 0) is 4.79 Å². The lowest BCUT2D eigenvalue weighted by molar-refractivity contribution is -0.137. The molecule has 2 rings (SSSR count). The Bertz CT molecular complexity index is 497. The SMILES string of the molecule is COc1cc(SC)c(C(CC(=O)O)C2CC2)cc1OC. The number of carboxylic acid groups (broad SMARTS) is 1. The van der Waals surface area contributed by atoms with E-state index in [9.17, 15) is 4.79 Å². The summed E-state index contributed by atoms with van der Waals surface area (Å²) in [6, 6.07) is 3.88. The monoisotopic (exact) mass is 296 g/mol. The fourth-order valence-corrected chi connectivity index (χ4v) is 3.23. The Hall–Kier alpha value is -1.36. The molecule has 0 aliphatic heterocycles. The smallest absolute Gasteiger partial charge is 0.303 e. The number of methoxy groups -OCH3 is 2. The van der Waals surface area contributed by atoms with Crippen LogP contribution in [0.4, 0.5) is 0 Å². The van der Waals surface area contributed by atoms with E-state index in [1.165, 1.54) is 0 Å². The molecule has 1 aliphatic rings. The van der Waals surface area contributed by atoms with Crippen molar-refractivity contribution >= 4 is 17.7 Å². The number of thioether (sulfide) groups is 1. The van der Waals surface area contributed by atoms with Gasteiger partial charge >= 0.3 is 5.97 Å². The van der Waals surface area contributed by atoms with E-state index in [1.807, 2.05) is 18.4 Å². The lowest BCUT2D eigenvalue weighted by atomic mass is 9.90. The lowest BCUT2D eigenvalue weighted by Crippen LogP contribution is -2.10. The van der Waals surface area contributed by atoms with Gasteiger partial charge in [-0.25, -0.2) is 0 Å².